The molecule has 2 aromatic carbocycles. The number of rotatable bonds is 3. The van der Waals surface area contributed by atoms with Gasteiger partial charge in [0.1, 0.15) is 6.10 Å². The van der Waals surface area contributed by atoms with Gasteiger partial charge in [0.2, 0.25) is 0 Å². The lowest BCUT2D eigenvalue weighted by atomic mass is 9.97. The van der Waals surface area contributed by atoms with Crippen molar-refractivity contribution < 1.29 is 27.8 Å². The average molecular weight is 365 g/mol. The summed E-state index contributed by atoms with van der Waals surface area (Å²) in [6.07, 6.45) is -5.04. The van der Waals surface area contributed by atoms with Gasteiger partial charge in [-0.05, 0) is 29.8 Å². The molecule has 0 aliphatic carbocycles. The van der Waals surface area contributed by atoms with Crippen LogP contribution < -0.4 is 0 Å². The molecule has 138 valence electrons. The lowest BCUT2D eigenvalue weighted by molar-refractivity contribution is -0.137. The van der Waals surface area contributed by atoms with Crippen molar-refractivity contribution in [3.8, 4) is 0 Å². The number of carbonyl (C=O) groups is 1. The fourth-order valence-corrected chi connectivity index (χ4v) is 3.13. The summed E-state index contributed by atoms with van der Waals surface area (Å²) >= 11 is 0. The Morgan fingerprint density at radius 2 is 1.77 bits per heavy atom. The third kappa shape index (κ3) is 3.73. The van der Waals surface area contributed by atoms with Crippen LogP contribution in [0, 0.1) is 0 Å². The number of hydrogen-bond acceptors (Lipinski definition) is 3. The molecular weight excluding hydrogens is 347 g/mol. The Hall–Kier alpha value is -2.38. The maximum Gasteiger partial charge on any atom is 0.416 e. The summed E-state index contributed by atoms with van der Waals surface area (Å²) in [5, 5.41) is 9.63. The molecule has 1 saturated heterocycles. The zero-order chi connectivity index (χ0) is 18.7. The van der Waals surface area contributed by atoms with Crippen molar-refractivity contribution in [1.82, 2.24) is 4.90 Å². The van der Waals surface area contributed by atoms with Gasteiger partial charge in [-0.2, -0.15) is 13.2 Å². The Bertz CT molecular complexity index is 747. The summed E-state index contributed by atoms with van der Waals surface area (Å²) < 4.78 is 43.7. The number of nitrogens with zero attached hydrogens (tertiary/aromatic N) is 1. The molecule has 3 rings (SSSR count). The molecule has 7 heteroatoms. The Kier molecular flexibility index (Phi) is 5.29. The van der Waals surface area contributed by atoms with Crippen molar-refractivity contribution in [2.45, 2.75) is 18.3 Å². The molecule has 1 amide bonds. The summed E-state index contributed by atoms with van der Waals surface area (Å²) in [6.45, 7) is 0.271. The molecule has 0 saturated carbocycles. The number of morpholine rings is 1. The van der Waals surface area contributed by atoms with Gasteiger partial charge in [-0.3, -0.25) is 4.79 Å². The molecule has 2 atom stereocenters. The summed E-state index contributed by atoms with van der Waals surface area (Å²) in [4.78, 5) is 14.5. The lowest BCUT2D eigenvalue weighted by Gasteiger charge is -2.41. The smallest absolute Gasteiger partial charge is 0.394 e. The van der Waals surface area contributed by atoms with Crippen molar-refractivity contribution in [3.05, 3.63) is 71.3 Å². The number of halogens is 3. The molecule has 0 bridgehead atoms. The van der Waals surface area contributed by atoms with E-state index in [1.54, 1.807) is 4.90 Å². The van der Waals surface area contributed by atoms with E-state index >= 15 is 0 Å². The van der Waals surface area contributed by atoms with Gasteiger partial charge in [-0.25, -0.2) is 0 Å². The zero-order valence-electron chi connectivity index (χ0n) is 13.8. The highest BCUT2D eigenvalue weighted by Crippen LogP contribution is 2.32. The minimum Gasteiger partial charge on any atom is -0.394 e. The normalized spacial score (nSPS) is 20.8. The number of ether oxygens (including phenoxy) is 1. The van der Waals surface area contributed by atoms with Crippen molar-refractivity contribution in [1.29, 1.82) is 0 Å². The molecular formula is C19H18F3NO3. The molecule has 26 heavy (non-hydrogen) atoms. The zero-order valence-corrected chi connectivity index (χ0v) is 13.8. The van der Waals surface area contributed by atoms with Crippen LogP contribution in [-0.2, 0) is 10.9 Å². The van der Waals surface area contributed by atoms with E-state index in [2.05, 4.69) is 0 Å². The van der Waals surface area contributed by atoms with Crippen molar-refractivity contribution in [2.75, 3.05) is 19.8 Å². The van der Waals surface area contributed by atoms with E-state index in [9.17, 15) is 23.1 Å². The Balaban J connectivity index is 1.90. The summed E-state index contributed by atoms with van der Waals surface area (Å²) in [5.41, 5.74) is 0.160. The minimum absolute atomic E-state index is 0.164. The Morgan fingerprint density at radius 3 is 2.35 bits per heavy atom. The third-order valence-corrected chi connectivity index (χ3v) is 4.39. The quantitative estimate of drug-likeness (QED) is 0.908. The topological polar surface area (TPSA) is 49.8 Å². The molecule has 1 fully saturated rings. The molecule has 1 aliphatic rings. The van der Waals surface area contributed by atoms with Crippen LogP contribution in [-0.4, -0.2) is 41.8 Å². The number of hydrogen-bond donors (Lipinski definition) is 1. The predicted molar refractivity (Wildman–Crippen MR) is 88.5 cm³/mol. The molecule has 0 radical (unpaired) electrons. The number of aliphatic hydroxyl groups is 1. The third-order valence-electron chi connectivity index (χ3n) is 4.39. The van der Waals surface area contributed by atoms with E-state index in [1.165, 1.54) is 12.1 Å². The first-order valence-electron chi connectivity index (χ1n) is 8.17. The average Bonchev–Trinajstić information content (AvgIpc) is 2.67. The van der Waals surface area contributed by atoms with Crippen molar-refractivity contribution in [3.63, 3.8) is 0 Å². The fraction of sp³-hybridized carbons (Fsp3) is 0.316. The molecule has 1 N–H and O–H groups in total. The van der Waals surface area contributed by atoms with E-state index < -0.39 is 29.8 Å². The first-order valence-corrected chi connectivity index (χ1v) is 8.17. The second-order valence-corrected chi connectivity index (χ2v) is 6.02. The highest BCUT2D eigenvalue weighted by molar-refractivity contribution is 5.94. The Morgan fingerprint density at radius 1 is 1.12 bits per heavy atom. The van der Waals surface area contributed by atoms with Gasteiger partial charge in [0.15, 0.2) is 0 Å². The second-order valence-electron chi connectivity index (χ2n) is 6.02. The van der Waals surface area contributed by atoms with E-state index in [0.29, 0.717) is 0 Å². The maximum atomic E-state index is 12.9. The van der Waals surface area contributed by atoms with Crippen LogP contribution in [0.3, 0.4) is 0 Å². The molecule has 0 unspecified atom stereocenters. The minimum atomic E-state index is -4.45. The maximum absolute atomic E-state index is 12.9. The molecule has 1 heterocycles. The fourth-order valence-electron chi connectivity index (χ4n) is 3.13. The van der Waals surface area contributed by atoms with Gasteiger partial charge in [-0.1, -0.05) is 30.3 Å². The van der Waals surface area contributed by atoms with Gasteiger partial charge in [0, 0.05) is 12.1 Å². The number of amides is 1. The molecule has 4 nitrogen and oxygen atoms in total. The van der Waals surface area contributed by atoms with Crippen LogP contribution in [0.2, 0.25) is 0 Å². The van der Waals surface area contributed by atoms with Crippen LogP contribution in [0.25, 0.3) is 0 Å². The van der Waals surface area contributed by atoms with Gasteiger partial charge in [-0.15, -0.1) is 0 Å². The standard InChI is InChI=1S/C19H18F3NO3/c20-19(21,22)15-8-6-14(7-9-15)18(25)23-10-11-26-16(12-24)17(23)13-4-2-1-3-5-13/h1-9,16-17,24H,10-12H2/t16-,17-/m0/s1. The van der Waals surface area contributed by atoms with Crippen LogP contribution in [0.1, 0.15) is 27.5 Å². The van der Waals surface area contributed by atoms with Crippen LogP contribution >= 0.6 is 0 Å². The monoisotopic (exact) mass is 365 g/mol. The van der Waals surface area contributed by atoms with E-state index in [4.69, 9.17) is 4.74 Å². The SMILES string of the molecule is O=C(c1ccc(C(F)(F)F)cc1)N1CCO[C@@H](CO)[C@@H]1c1ccccc1. The van der Waals surface area contributed by atoms with Gasteiger partial charge in [0.25, 0.3) is 5.91 Å². The molecule has 1 aliphatic heterocycles. The van der Waals surface area contributed by atoms with Gasteiger partial charge in [0.05, 0.1) is 24.8 Å². The number of alkyl halides is 3. The van der Waals surface area contributed by atoms with Crippen LogP contribution in [0.5, 0.6) is 0 Å². The lowest BCUT2D eigenvalue weighted by Crippen LogP contribution is -2.49. The summed E-state index contributed by atoms with van der Waals surface area (Å²) in [5.74, 6) is -0.394. The second kappa shape index (κ2) is 7.47. The molecule has 0 spiro atoms. The summed E-state index contributed by atoms with van der Waals surface area (Å²) in [7, 11) is 0. The van der Waals surface area contributed by atoms with Crippen LogP contribution in [0.15, 0.2) is 54.6 Å². The van der Waals surface area contributed by atoms with E-state index in [1.807, 2.05) is 30.3 Å². The highest BCUT2D eigenvalue weighted by atomic mass is 19.4. The highest BCUT2D eigenvalue weighted by Gasteiger charge is 2.37. The molecule has 0 aromatic heterocycles. The largest absolute Gasteiger partial charge is 0.416 e. The first kappa shape index (κ1) is 18.4. The predicted octanol–water partition coefficient (Wildman–Crippen LogP) is 3.28. The van der Waals surface area contributed by atoms with Gasteiger partial charge < -0.3 is 14.7 Å². The van der Waals surface area contributed by atoms with Crippen LogP contribution in [0.4, 0.5) is 13.2 Å². The van der Waals surface area contributed by atoms with Crippen molar-refractivity contribution in [2.24, 2.45) is 0 Å². The van der Waals surface area contributed by atoms with E-state index in [0.717, 1.165) is 17.7 Å². The number of benzene rings is 2. The molecule has 2 aromatic rings. The number of aliphatic hydroxyl groups excluding tert-OH is 1. The summed E-state index contributed by atoms with van der Waals surface area (Å²) in [6, 6.07) is 12.8. The van der Waals surface area contributed by atoms with Crippen molar-refractivity contribution >= 4 is 5.91 Å². The van der Waals surface area contributed by atoms with E-state index in [-0.39, 0.29) is 25.3 Å². The Labute approximate surface area is 148 Å². The van der Waals surface area contributed by atoms with Gasteiger partial charge >= 0.3 is 6.18 Å². The first-order chi connectivity index (χ1) is 12.4. The number of carbonyl (C=O) groups excluding carboxylic acids is 1.